The average Bonchev–Trinajstić information content (AvgIpc) is 2.47. The third kappa shape index (κ3) is 2.34. The molecule has 0 amide bonds. The number of benzene rings is 1. The highest BCUT2D eigenvalue weighted by Crippen LogP contribution is 2.50. The zero-order valence-electron chi connectivity index (χ0n) is 9.97. The molecule has 0 radical (unpaired) electrons. The van der Waals surface area contributed by atoms with Crippen LogP contribution in [0.25, 0.3) is 0 Å². The maximum Gasteiger partial charge on any atom is 0.421 e. The summed E-state index contributed by atoms with van der Waals surface area (Å²) in [6, 6.07) is 1.04. The molecule has 0 atom stereocenters. The number of hydrogen-bond acceptors (Lipinski definition) is 3. The minimum Gasteiger partial charge on any atom is -0.487 e. The van der Waals surface area contributed by atoms with Gasteiger partial charge in [0.15, 0.2) is 0 Å². The highest BCUT2D eigenvalue weighted by atomic mass is 35.5. The monoisotopic (exact) mass is 295 g/mol. The summed E-state index contributed by atoms with van der Waals surface area (Å²) < 4.78 is 44.3. The molecule has 1 aromatic carbocycles. The van der Waals surface area contributed by atoms with E-state index < -0.39 is 38.7 Å². The molecule has 0 aliphatic carbocycles. The maximum absolute atomic E-state index is 13.0. The van der Waals surface area contributed by atoms with Gasteiger partial charge in [0.25, 0.3) is 5.69 Å². The highest BCUT2D eigenvalue weighted by Gasteiger charge is 2.45. The number of halogens is 4. The third-order valence-electron chi connectivity index (χ3n) is 2.75. The largest absolute Gasteiger partial charge is 0.487 e. The van der Waals surface area contributed by atoms with E-state index in [1.807, 2.05) is 0 Å². The lowest BCUT2D eigenvalue weighted by atomic mass is 9.99. The molecule has 0 saturated carbocycles. The number of alkyl halides is 3. The number of ether oxygens (including phenoxy) is 1. The number of nitro groups is 1. The van der Waals surface area contributed by atoms with Crippen LogP contribution in [0, 0.1) is 10.1 Å². The van der Waals surface area contributed by atoms with Crippen molar-refractivity contribution < 1.29 is 22.8 Å². The first kappa shape index (κ1) is 13.9. The second kappa shape index (κ2) is 4.00. The molecular formula is C11H9ClF3NO3. The molecule has 0 unspecified atom stereocenters. The number of rotatable bonds is 1. The van der Waals surface area contributed by atoms with E-state index in [9.17, 15) is 23.3 Å². The first-order chi connectivity index (χ1) is 8.53. The van der Waals surface area contributed by atoms with E-state index in [0.717, 1.165) is 6.07 Å². The normalized spacial score (nSPS) is 16.9. The number of nitro benzene ring substituents is 1. The zero-order valence-corrected chi connectivity index (χ0v) is 10.7. The van der Waals surface area contributed by atoms with Gasteiger partial charge in [-0.05, 0) is 13.8 Å². The first-order valence-electron chi connectivity index (χ1n) is 5.29. The Morgan fingerprint density at radius 1 is 1.47 bits per heavy atom. The van der Waals surface area contributed by atoms with Crippen LogP contribution >= 0.6 is 11.6 Å². The molecule has 0 N–H and O–H groups in total. The molecule has 1 aliphatic heterocycles. The van der Waals surface area contributed by atoms with E-state index in [-0.39, 0.29) is 12.0 Å². The van der Waals surface area contributed by atoms with Gasteiger partial charge in [-0.25, -0.2) is 0 Å². The standard InChI is InChI=1S/C11H9ClF3NO3/c1-10(2)4-5-3-6(16(17)18)8(12)7(9(5)19-10)11(13,14)15/h3H,4H2,1-2H3. The lowest BCUT2D eigenvalue weighted by Crippen LogP contribution is -2.25. The molecule has 1 aliphatic rings. The predicted octanol–water partition coefficient (Wildman–Crippen LogP) is 3.98. The van der Waals surface area contributed by atoms with Gasteiger partial charge in [-0.1, -0.05) is 11.6 Å². The van der Waals surface area contributed by atoms with Crippen molar-refractivity contribution in [1.82, 2.24) is 0 Å². The second-order valence-corrected chi connectivity index (χ2v) is 5.24. The Morgan fingerprint density at radius 2 is 2.05 bits per heavy atom. The fourth-order valence-corrected chi connectivity index (χ4v) is 2.40. The van der Waals surface area contributed by atoms with Crippen molar-refractivity contribution in [3.63, 3.8) is 0 Å². The minimum absolute atomic E-state index is 0.147. The Labute approximate surface area is 111 Å². The first-order valence-corrected chi connectivity index (χ1v) is 5.67. The summed E-state index contributed by atoms with van der Waals surface area (Å²) in [5.74, 6) is -0.409. The summed E-state index contributed by atoms with van der Waals surface area (Å²) in [7, 11) is 0. The molecule has 1 heterocycles. The van der Waals surface area contributed by atoms with Crippen LogP contribution in [-0.2, 0) is 12.6 Å². The summed E-state index contributed by atoms with van der Waals surface area (Å²) in [6.07, 6.45) is -4.66. The minimum atomic E-state index is -4.81. The molecule has 8 heteroatoms. The van der Waals surface area contributed by atoms with Gasteiger partial charge >= 0.3 is 6.18 Å². The molecule has 104 valence electrons. The van der Waals surface area contributed by atoms with Gasteiger partial charge < -0.3 is 4.74 Å². The van der Waals surface area contributed by atoms with Crippen LogP contribution < -0.4 is 4.74 Å². The van der Waals surface area contributed by atoms with Crippen molar-refractivity contribution in [2.24, 2.45) is 0 Å². The van der Waals surface area contributed by atoms with Gasteiger partial charge in [0, 0.05) is 18.1 Å². The predicted molar refractivity (Wildman–Crippen MR) is 61.5 cm³/mol. The molecule has 4 nitrogen and oxygen atoms in total. The lowest BCUT2D eigenvalue weighted by Gasteiger charge is -2.19. The summed E-state index contributed by atoms with van der Waals surface area (Å²) in [5.41, 5.74) is -2.73. The van der Waals surface area contributed by atoms with Crippen LogP contribution in [0.2, 0.25) is 5.02 Å². The molecule has 0 spiro atoms. The van der Waals surface area contributed by atoms with Gasteiger partial charge in [-0.15, -0.1) is 0 Å². The fraction of sp³-hybridized carbons (Fsp3) is 0.455. The van der Waals surface area contributed by atoms with Crippen molar-refractivity contribution >= 4 is 17.3 Å². The fourth-order valence-electron chi connectivity index (χ4n) is 2.09. The SMILES string of the molecule is CC1(C)Cc2cc([N+](=O)[O-])c(Cl)c(C(F)(F)F)c2O1. The molecule has 0 aromatic heterocycles. The van der Waals surface area contributed by atoms with E-state index in [1.54, 1.807) is 13.8 Å². The van der Waals surface area contributed by atoms with E-state index in [1.165, 1.54) is 0 Å². The third-order valence-corrected chi connectivity index (χ3v) is 3.13. The van der Waals surface area contributed by atoms with Crippen LogP contribution in [0.15, 0.2) is 6.07 Å². The zero-order chi connectivity index (χ0) is 14.6. The van der Waals surface area contributed by atoms with Crippen LogP contribution in [0.3, 0.4) is 0 Å². The Bertz CT molecular complexity index is 569. The maximum atomic E-state index is 13.0. The summed E-state index contributed by atoms with van der Waals surface area (Å²) in [4.78, 5) is 9.85. The van der Waals surface area contributed by atoms with Crippen molar-refractivity contribution in [2.45, 2.75) is 32.0 Å². The van der Waals surface area contributed by atoms with Gasteiger partial charge in [0.05, 0.1) is 4.92 Å². The van der Waals surface area contributed by atoms with Crippen LogP contribution in [0.4, 0.5) is 18.9 Å². The van der Waals surface area contributed by atoms with Crippen LogP contribution in [0.1, 0.15) is 25.0 Å². The van der Waals surface area contributed by atoms with Crippen LogP contribution in [0.5, 0.6) is 5.75 Å². The van der Waals surface area contributed by atoms with Crippen molar-refractivity contribution in [3.05, 3.63) is 32.3 Å². The smallest absolute Gasteiger partial charge is 0.421 e. The van der Waals surface area contributed by atoms with Gasteiger partial charge in [0.2, 0.25) is 0 Å². The number of nitrogens with zero attached hydrogens (tertiary/aromatic N) is 1. The summed E-state index contributed by atoms with van der Waals surface area (Å²) in [6.45, 7) is 3.21. The van der Waals surface area contributed by atoms with E-state index >= 15 is 0 Å². The van der Waals surface area contributed by atoms with E-state index in [4.69, 9.17) is 16.3 Å². The average molecular weight is 296 g/mol. The number of fused-ring (bicyclic) bond motifs is 1. The molecule has 1 aromatic rings. The van der Waals surface area contributed by atoms with Crippen molar-refractivity contribution in [2.75, 3.05) is 0 Å². The topological polar surface area (TPSA) is 52.4 Å². The molecule has 19 heavy (non-hydrogen) atoms. The molecule has 0 saturated heterocycles. The highest BCUT2D eigenvalue weighted by molar-refractivity contribution is 6.33. The Hall–Kier alpha value is -1.50. The number of hydrogen-bond donors (Lipinski definition) is 0. The van der Waals surface area contributed by atoms with Crippen molar-refractivity contribution in [3.8, 4) is 5.75 Å². The molecule has 0 bridgehead atoms. The molecule has 0 fully saturated rings. The molecule has 2 rings (SSSR count). The van der Waals surface area contributed by atoms with Gasteiger partial charge in [-0.2, -0.15) is 13.2 Å². The Kier molecular flexibility index (Phi) is 2.93. The second-order valence-electron chi connectivity index (χ2n) is 4.87. The van der Waals surface area contributed by atoms with E-state index in [0.29, 0.717) is 0 Å². The van der Waals surface area contributed by atoms with Crippen LogP contribution in [-0.4, -0.2) is 10.5 Å². The van der Waals surface area contributed by atoms with Crippen molar-refractivity contribution in [1.29, 1.82) is 0 Å². The summed E-state index contributed by atoms with van der Waals surface area (Å²) >= 11 is 5.52. The summed E-state index contributed by atoms with van der Waals surface area (Å²) in [5, 5.41) is 9.84. The van der Waals surface area contributed by atoms with E-state index in [2.05, 4.69) is 0 Å². The van der Waals surface area contributed by atoms with Gasteiger partial charge in [-0.3, -0.25) is 10.1 Å². The van der Waals surface area contributed by atoms with Gasteiger partial charge in [0.1, 0.15) is 21.9 Å². The quantitative estimate of drug-likeness (QED) is 0.581. The Morgan fingerprint density at radius 3 is 2.53 bits per heavy atom. The Balaban J connectivity index is 2.76. The lowest BCUT2D eigenvalue weighted by molar-refractivity contribution is -0.385. The molecular weight excluding hydrogens is 287 g/mol.